The van der Waals surface area contributed by atoms with E-state index >= 15 is 0 Å². The molecule has 1 unspecified atom stereocenters. The van der Waals surface area contributed by atoms with Crippen molar-refractivity contribution in [1.82, 2.24) is 15.3 Å². The second-order valence-electron chi connectivity index (χ2n) is 5.65. The summed E-state index contributed by atoms with van der Waals surface area (Å²) in [7, 11) is 0. The molecule has 0 spiro atoms. The zero-order chi connectivity index (χ0) is 13.9. The van der Waals surface area contributed by atoms with Crippen LogP contribution >= 0.6 is 24.8 Å². The minimum atomic E-state index is -0.163. The lowest BCUT2D eigenvalue weighted by Gasteiger charge is -2.15. The third kappa shape index (κ3) is 4.69. The van der Waals surface area contributed by atoms with E-state index in [1.165, 1.54) is 12.8 Å². The molecule has 3 N–H and O–H groups in total. The number of nitrogens with two attached hydrogens (primary N) is 1. The van der Waals surface area contributed by atoms with Crippen molar-refractivity contribution in [3.63, 3.8) is 0 Å². The van der Waals surface area contributed by atoms with Gasteiger partial charge in [0.05, 0.1) is 0 Å². The van der Waals surface area contributed by atoms with Gasteiger partial charge in [0, 0.05) is 31.9 Å². The van der Waals surface area contributed by atoms with E-state index in [0.29, 0.717) is 24.1 Å². The van der Waals surface area contributed by atoms with Crippen LogP contribution in [0.25, 0.3) is 0 Å². The topological polar surface area (TPSA) is 84.1 Å². The van der Waals surface area contributed by atoms with Crippen molar-refractivity contribution in [2.24, 2.45) is 11.7 Å². The van der Waals surface area contributed by atoms with Gasteiger partial charge in [0.1, 0.15) is 5.69 Å². The van der Waals surface area contributed by atoms with Crippen LogP contribution in [0.15, 0.2) is 12.3 Å². The molecular formula is C14H23Cl2N5O. The summed E-state index contributed by atoms with van der Waals surface area (Å²) in [5.41, 5.74) is 6.40. The molecule has 1 aliphatic carbocycles. The van der Waals surface area contributed by atoms with Crippen molar-refractivity contribution in [3.8, 4) is 0 Å². The molecule has 1 saturated carbocycles. The normalized spacial score (nSPS) is 18.1. The summed E-state index contributed by atoms with van der Waals surface area (Å²) < 4.78 is 0. The largest absolute Gasteiger partial charge is 0.349 e. The van der Waals surface area contributed by atoms with Gasteiger partial charge in [-0.05, 0) is 37.7 Å². The first-order chi connectivity index (χ1) is 9.74. The molecule has 124 valence electrons. The summed E-state index contributed by atoms with van der Waals surface area (Å²) in [6.45, 7) is 2.46. The first kappa shape index (κ1) is 18.9. The number of nitrogens with zero attached hydrogens (tertiary/aromatic N) is 3. The van der Waals surface area contributed by atoms with E-state index in [1.54, 1.807) is 12.3 Å². The third-order valence-corrected chi connectivity index (χ3v) is 3.99. The van der Waals surface area contributed by atoms with E-state index in [0.717, 1.165) is 25.9 Å². The predicted octanol–water partition coefficient (Wildman–Crippen LogP) is 1.39. The molecule has 1 aliphatic heterocycles. The van der Waals surface area contributed by atoms with E-state index < -0.39 is 0 Å². The molecule has 6 nitrogen and oxygen atoms in total. The molecule has 22 heavy (non-hydrogen) atoms. The van der Waals surface area contributed by atoms with Gasteiger partial charge in [0.15, 0.2) is 0 Å². The smallest absolute Gasteiger partial charge is 0.270 e. The highest BCUT2D eigenvalue weighted by Gasteiger charge is 2.28. The molecule has 2 heterocycles. The lowest BCUT2D eigenvalue weighted by atomic mass is 10.2. The Kier molecular flexibility index (Phi) is 7.32. The number of carbonyl (C=O) groups is 1. The highest BCUT2D eigenvalue weighted by molar-refractivity contribution is 5.92. The molecule has 1 aromatic rings. The van der Waals surface area contributed by atoms with Gasteiger partial charge >= 0.3 is 0 Å². The van der Waals surface area contributed by atoms with Crippen LogP contribution in [-0.4, -0.2) is 41.6 Å². The number of rotatable bonds is 5. The fraction of sp³-hybridized carbons (Fsp3) is 0.643. The standard InChI is InChI=1S/C14H21N5O.2ClH/c15-11(10-3-4-10)9-17-13(20)12-5-6-16-14(18-12)19-7-1-2-8-19;;/h5-6,10-11H,1-4,7-9,15H2,(H,17,20);2*1H. The first-order valence-corrected chi connectivity index (χ1v) is 7.36. The summed E-state index contributed by atoms with van der Waals surface area (Å²) in [6.07, 6.45) is 6.34. The summed E-state index contributed by atoms with van der Waals surface area (Å²) in [4.78, 5) is 22.8. The molecule has 0 bridgehead atoms. The van der Waals surface area contributed by atoms with E-state index in [1.807, 2.05) is 0 Å². The van der Waals surface area contributed by atoms with Crippen molar-refractivity contribution in [1.29, 1.82) is 0 Å². The Balaban J connectivity index is 0.00000121. The third-order valence-electron chi connectivity index (χ3n) is 3.99. The minimum absolute atomic E-state index is 0. The number of carbonyl (C=O) groups excluding carboxylic acids is 1. The van der Waals surface area contributed by atoms with E-state index in [9.17, 15) is 4.79 Å². The Bertz CT molecular complexity index is 492. The van der Waals surface area contributed by atoms with Gasteiger partial charge in [-0.3, -0.25) is 4.79 Å². The monoisotopic (exact) mass is 347 g/mol. The van der Waals surface area contributed by atoms with Crippen LogP contribution in [0, 0.1) is 5.92 Å². The van der Waals surface area contributed by atoms with Crippen LogP contribution in [0.5, 0.6) is 0 Å². The maximum absolute atomic E-state index is 12.1. The van der Waals surface area contributed by atoms with Crippen LogP contribution in [0.4, 0.5) is 5.95 Å². The van der Waals surface area contributed by atoms with Crippen LogP contribution in [0.1, 0.15) is 36.2 Å². The Morgan fingerprint density at radius 1 is 1.36 bits per heavy atom. The summed E-state index contributed by atoms with van der Waals surface area (Å²) >= 11 is 0. The highest BCUT2D eigenvalue weighted by atomic mass is 35.5. The molecule has 1 aromatic heterocycles. The molecule has 1 saturated heterocycles. The first-order valence-electron chi connectivity index (χ1n) is 7.36. The van der Waals surface area contributed by atoms with E-state index in [2.05, 4.69) is 20.2 Å². The molecule has 2 fully saturated rings. The number of amides is 1. The van der Waals surface area contributed by atoms with Crippen molar-refractivity contribution >= 4 is 36.7 Å². The lowest BCUT2D eigenvalue weighted by Crippen LogP contribution is -2.39. The number of halogens is 2. The molecule has 1 amide bonds. The number of hydrogen-bond donors (Lipinski definition) is 2. The fourth-order valence-corrected chi connectivity index (χ4v) is 2.54. The van der Waals surface area contributed by atoms with Crippen LogP contribution in [0.2, 0.25) is 0 Å². The van der Waals surface area contributed by atoms with Gasteiger partial charge in [-0.2, -0.15) is 0 Å². The van der Waals surface area contributed by atoms with Gasteiger partial charge in [0.2, 0.25) is 5.95 Å². The van der Waals surface area contributed by atoms with Crippen LogP contribution in [0.3, 0.4) is 0 Å². The number of nitrogens with one attached hydrogen (secondary N) is 1. The molecule has 3 rings (SSSR count). The van der Waals surface area contributed by atoms with Gasteiger partial charge < -0.3 is 16.0 Å². The molecule has 0 radical (unpaired) electrons. The second kappa shape index (κ2) is 8.50. The summed E-state index contributed by atoms with van der Waals surface area (Å²) in [5.74, 6) is 1.08. The molecule has 2 aliphatic rings. The fourth-order valence-electron chi connectivity index (χ4n) is 2.54. The predicted molar refractivity (Wildman–Crippen MR) is 91.0 cm³/mol. The number of aromatic nitrogens is 2. The van der Waals surface area contributed by atoms with Crippen molar-refractivity contribution in [2.45, 2.75) is 31.7 Å². The van der Waals surface area contributed by atoms with E-state index in [-0.39, 0.29) is 36.8 Å². The van der Waals surface area contributed by atoms with Gasteiger partial charge in [-0.25, -0.2) is 9.97 Å². The molecule has 8 heteroatoms. The van der Waals surface area contributed by atoms with Crippen molar-refractivity contribution in [3.05, 3.63) is 18.0 Å². The highest BCUT2D eigenvalue weighted by Crippen LogP contribution is 2.31. The van der Waals surface area contributed by atoms with Gasteiger partial charge in [-0.1, -0.05) is 0 Å². The number of anilines is 1. The van der Waals surface area contributed by atoms with Crippen LogP contribution < -0.4 is 16.0 Å². The molecular weight excluding hydrogens is 325 g/mol. The summed E-state index contributed by atoms with van der Waals surface area (Å²) in [5, 5.41) is 2.87. The van der Waals surface area contributed by atoms with Gasteiger partial charge in [0.25, 0.3) is 5.91 Å². The average molecular weight is 348 g/mol. The lowest BCUT2D eigenvalue weighted by molar-refractivity contribution is 0.0945. The maximum Gasteiger partial charge on any atom is 0.270 e. The Morgan fingerprint density at radius 3 is 2.68 bits per heavy atom. The summed E-state index contributed by atoms with van der Waals surface area (Å²) in [6, 6.07) is 1.72. The Hall–Kier alpha value is -1.11. The van der Waals surface area contributed by atoms with E-state index in [4.69, 9.17) is 5.73 Å². The Labute approximate surface area is 143 Å². The van der Waals surface area contributed by atoms with Gasteiger partial charge in [-0.15, -0.1) is 24.8 Å². The Morgan fingerprint density at radius 2 is 2.05 bits per heavy atom. The van der Waals surface area contributed by atoms with Crippen molar-refractivity contribution in [2.75, 3.05) is 24.5 Å². The molecule has 1 atom stereocenters. The number of hydrogen-bond acceptors (Lipinski definition) is 5. The van der Waals surface area contributed by atoms with Crippen molar-refractivity contribution < 1.29 is 4.79 Å². The van der Waals surface area contributed by atoms with Crippen LogP contribution in [-0.2, 0) is 0 Å². The maximum atomic E-state index is 12.1. The minimum Gasteiger partial charge on any atom is -0.349 e. The SMILES string of the molecule is Cl.Cl.NC(CNC(=O)c1ccnc(N2CCCC2)n1)C1CC1. The quantitative estimate of drug-likeness (QED) is 0.840. The molecule has 0 aromatic carbocycles. The zero-order valence-electron chi connectivity index (χ0n) is 12.4. The second-order valence-corrected chi connectivity index (χ2v) is 5.65. The zero-order valence-corrected chi connectivity index (χ0v) is 14.0. The average Bonchev–Trinajstić information content (AvgIpc) is 3.19.